The first kappa shape index (κ1) is 16.6. The SMILES string of the molecule is COc1cc(F)ccc1NC(=O)c1cnn(-c2ccccc2F)c1C. The van der Waals surface area contributed by atoms with Gasteiger partial charge in [-0.05, 0) is 31.2 Å². The maximum absolute atomic E-state index is 13.9. The zero-order valence-electron chi connectivity index (χ0n) is 13.6. The fraction of sp³-hybridized carbons (Fsp3) is 0.111. The number of anilines is 1. The van der Waals surface area contributed by atoms with Crippen LogP contribution in [0.25, 0.3) is 5.69 Å². The zero-order valence-corrected chi connectivity index (χ0v) is 13.6. The van der Waals surface area contributed by atoms with Crippen molar-refractivity contribution in [3.63, 3.8) is 0 Å². The lowest BCUT2D eigenvalue weighted by molar-refractivity contribution is 0.102. The summed E-state index contributed by atoms with van der Waals surface area (Å²) in [5.41, 5.74) is 1.32. The van der Waals surface area contributed by atoms with E-state index in [2.05, 4.69) is 10.4 Å². The highest BCUT2D eigenvalue weighted by molar-refractivity contribution is 6.05. The van der Waals surface area contributed by atoms with Gasteiger partial charge in [0.1, 0.15) is 23.1 Å². The molecule has 0 aliphatic heterocycles. The topological polar surface area (TPSA) is 56.1 Å². The van der Waals surface area contributed by atoms with Crippen LogP contribution in [-0.2, 0) is 0 Å². The number of halogens is 2. The van der Waals surface area contributed by atoms with Crippen LogP contribution >= 0.6 is 0 Å². The Morgan fingerprint density at radius 1 is 1.20 bits per heavy atom. The van der Waals surface area contributed by atoms with Crippen molar-refractivity contribution in [2.24, 2.45) is 0 Å². The summed E-state index contributed by atoms with van der Waals surface area (Å²) < 4.78 is 33.6. The van der Waals surface area contributed by atoms with Gasteiger partial charge < -0.3 is 10.1 Å². The third-order valence-electron chi connectivity index (χ3n) is 3.75. The van der Waals surface area contributed by atoms with Gasteiger partial charge in [-0.3, -0.25) is 4.79 Å². The molecule has 5 nitrogen and oxygen atoms in total. The molecule has 2 aromatic carbocycles. The van der Waals surface area contributed by atoms with Crippen LogP contribution < -0.4 is 10.1 Å². The maximum Gasteiger partial charge on any atom is 0.259 e. The number of hydrogen-bond acceptors (Lipinski definition) is 3. The van der Waals surface area contributed by atoms with Crippen molar-refractivity contribution in [3.8, 4) is 11.4 Å². The Morgan fingerprint density at radius 2 is 1.96 bits per heavy atom. The minimum Gasteiger partial charge on any atom is -0.494 e. The van der Waals surface area contributed by atoms with Gasteiger partial charge in [0.2, 0.25) is 0 Å². The van der Waals surface area contributed by atoms with E-state index in [1.807, 2.05) is 0 Å². The summed E-state index contributed by atoms with van der Waals surface area (Å²) in [4.78, 5) is 12.5. The number of carbonyl (C=O) groups is 1. The van der Waals surface area contributed by atoms with Crippen molar-refractivity contribution in [2.75, 3.05) is 12.4 Å². The fourth-order valence-electron chi connectivity index (χ4n) is 2.46. The van der Waals surface area contributed by atoms with E-state index in [1.54, 1.807) is 25.1 Å². The molecule has 0 aliphatic carbocycles. The van der Waals surface area contributed by atoms with E-state index in [4.69, 9.17) is 4.74 Å². The average molecular weight is 343 g/mol. The molecule has 0 unspecified atom stereocenters. The Bertz CT molecular complexity index is 938. The Balaban J connectivity index is 1.91. The largest absolute Gasteiger partial charge is 0.494 e. The van der Waals surface area contributed by atoms with E-state index in [0.717, 1.165) is 0 Å². The molecule has 0 bridgehead atoms. The molecule has 3 aromatic rings. The normalized spacial score (nSPS) is 10.6. The third kappa shape index (κ3) is 3.21. The third-order valence-corrected chi connectivity index (χ3v) is 3.75. The number of para-hydroxylation sites is 1. The fourth-order valence-corrected chi connectivity index (χ4v) is 2.46. The molecule has 1 amide bonds. The second-order valence-corrected chi connectivity index (χ2v) is 5.31. The number of nitrogens with zero attached hydrogens (tertiary/aromatic N) is 2. The highest BCUT2D eigenvalue weighted by Crippen LogP contribution is 2.26. The lowest BCUT2D eigenvalue weighted by atomic mass is 10.2. The highest BCUT2D eigenvalue weighted by Gasteiger charge is 2.18. The Kier molecular flexibility index (Phi) is 4.47. The second kappa shape index (κ2) is 6.72. The molecule has 0 spiro atoms. The van der Waals surface area contributed by atoms with E-state index < -0.39 is 17.5 Å². The maximum atomic E-state index is 13.9. The van der Waals surface area contributed by atoms with Crippen LogP contribution in [-0.4, -0.2) is 22.8 Å². The Hall–Kier alpha value is -3.22. The van der Waals surface area contributed by atoms with Crippen molar-refractivity contribution < 1.29 is 18.3 Å². The minimum absolute atomic E-state index is 0.201. The first-order valence-corrected chi connectivity index (χ1v) is 7.45. The van der Waals surface area contributed by atoms with Gasteiger partial charge in [0, 0.05) is 6.07 Å². The molecule has 0 saturated heterocycles. The van der Waals surface area contributed by atoms with Gasteiger partial charge in [0.05, 0.1) is 30.3 Å². The van der Waals surface area contributed by atoms with Crippen molar-refractivity contribution in [3.05, 3.63) is 71.6 Å². The van der Waals surface area contributed by atoms with Gasteiger partial charge in [-0.25, -0.2) is 13.5 Å². The van der Waals surface area contributed by atoms with Crippen LogP contribution in [0.5, 0.6) is 5.75 Å². The van der Waals surface area contributed by atoms with Gasteiger partial charge >= 0.3 is 0 Å². The first-order valence-electron chi connectivity index (χ1n) is 7.45. The summed E-state index contributed by atoms with van der Waals surface area (Å²) >= 11 is 0. The molecule has 1 heterocycles. The number of benzene rings is 2. The Labute approximate surface area is 142 Å². The lowest BCUT2D eigenvalue weighted by Crippen LogP contribution is -2.14. The van der Waals surface area contributed by atoms with Crippen LogP contribution in [0, 0.1) is 18.6 Å². The van der Waals surface area contributed by atoms with E-state index in [-0.39, 0.29) is 17.0 Å². The lowest BCUT2D eigenvalue weighted by Gasteiger charge is -2.10. The number of hydrogen-bond donors (Lipinski definition) is 1. The van der Waals surface area contributed by atoms with Crippen LogP contribution in [0.2, 0.25) is 0 Å². The quantitative estimate of drug-likeness (QED) is 0.785. The number of rotatable bonds is 4. The van der Waals surface area contributed by atoms with Crippen molar-refractivity contribution in [1.82, 2.24) is 9.78 Å². The molecule has 25 heavy (non-hydrogen) atoms. The van der Waals surface area contributed by atoms with Gasteiger partial charge in [0.25, 0.3) is 5.91 Å². The molecule has 128 valence electrons. The number of methoxy groups -OCH3 is 1. The molecule has 1 N–H and O–H groups in total. The van der Waals surface area contributed by atoms with Crippen molar-refractivity contribution in [2.45, 2.75) is 6.92 Å². The summed E-state index contributed by atoms with van der Waals surface area (Å²) in [5.74, 6) is -1.17. The average Bonchev–Trinajstić information content (AvgIpc) is 2.98. The predicted molar refractivity (Wildman–Crippen MR) is 89.2 cm³/mol. The predicted octanol–water partition coefficient (Wildman–Crippen LogP) is 3.72. The van der Waals surface area contributed by atoms with Gasteiger partial charge in [-0.1, -0.05) is 12.1 Å². The molecule has 0 aliphatic rings. The second-order valence-electron chi connectivity index (χ2n) is 5.31. The standard InChI is InChI=1S/C18H15F2N3O2/c1-11-13(10-21-23(11)16-6-4-3-5-14(16)20)18(24)22-15-8-7-12(19)9-17(15)25-2/h3-10H,1-2H3,(H,22,24). The monoisotopic (exact) mass is 343 g/mol. The van der Waals surface area contributed by atoms with Gasteiger partial charge in [0.15, 0.2) is 0 Å². The van der Waals surface area contributed by atoms with Gasteiger partial charge in [-0.15, -0.1) is 0 Å². The summed E-state index contributed by atoms with van der Waals surface area (Å²) in [5, 5.41) is 6.74. The molecule has 0 atom stereocenters. The Morgan fingerprint density at radius 3 is 2.68 bits per heavy atom. The van der Waals surface area contributed by atoms with Crippen LogP contribution in [0.1, 0.15) is 16.1 Å². The number of ether oxygens (including phenoxy) is 1. The molecule has 7 heteroatoms. The number of nitrogens with one attached hydrogen (secondary N) is 1. The molecule has 1 aromatic heterocycles. The van der Waals surface area contributed by atoms with E-state index >= 15 is 0 Å². The summed E-state index contributed by atoms with van der Waals surface area (Å²) in [6.45, 7) is 1.66. The smallest absolute Gasteiger partial charge is 0.259 e. The van der Waals surface area contributed by atoms with E-state index in [9.17, 15) is 13.6 Å². The van der Waals surface area contributed by atoms with Crippen molar-refractivity contribution >= 4 is 11.6 Å². The molecule has 0 saturated carbocycles. The number of amides is 1. The molecule has 0 fully saturated rings. The highest BCUT2D eigenvalue weighted by atomic mass is 19.1. The van der Waals surface area contributed by atoms with E-state index in [1.165, 1.54) is 42.3 Å². The zero-order chi connectivity index (χ0) is 18.0. The molecule has 3 rings (SSSR count). The molecular formula is C18H15F2N3O2. The summed E-state index contributed by atoms with van der Waals surface area (Å²) in [6, 6.07) is 9.94. The molecular weight excluding hydrogens is 328 g/mol. The first-order chi connectivity index (χ1) is 12.0. The number of aromatic nitrogens is 2. The van der Waals surface area contributed by atoms with Crippen LogP contribution in [0.3, 0.4) is 0 Å². The summed E-state index contributed by atoms with van der Waals surface area (Å²) in [6.07, 6.45) is 1.35. The summed E-state index contributed by atoms with van der Waals surface area (Å²) in [7, 11) is 1.38. The van der Waals surface area contributed by atoms with Crippen LogP contribution in [0.15, 0.2) is 48.7 Å². The van der Waals surface area contributed by atoms with Crippen molar-refractivity contribution in [1.29, 1.82) is 0 Å². The van der Waals surface area contributed by atoms with Gasteiger partial charge in [-0.2, -0.15) is 5.10 Å². The number of carbonyl (C=O) groups excluding carboxylic acids is 1. The minimum atomic E-state index is -0.474. The van der Waals surface area contributed by atoms with Crippen LogP contribution in [0.4, 0.5) is 14.5 Å². The molecule has 0 radical (unpaired) electrons. The van der Waals surface area contributed by atoms with E-state index in [0.29, 0.717) is 11.4 Å².